The molecule has 1 aromatic heterocycles. The SMILES string of the molecule is O=C(c1cnn(-c2ccccc2)c1)N1CCN(C(=O)C2COc3ccccc3O2)CC1. The van der Waals surface area contributed by atoms with Gasteiger partial charge in [-0.1, -0.05) is 30.3 Å². The first kappa shape index (κ1) is 19.2. The van der Waals surface area contributed by atoms with E-state index in [0.717, 1.165) is 5.69 Å². The van der Waals surface area contributed by atoms with Crippen molar-refractivity contribution in [3.63, 3.8) is 0 Å². The quantitative estimate of drug-likeness (QED) is 0.650. The van der Waals surface area contributed by atoms with Crippen LogP contribution in [0.3, 0.4) is 0 Å². The molecule has 3 aromatic rings. The Morgan fingerprint density at radius 1 is 0.871 bits per heavy atom. The minimum atomic E-state index is -0.666. The molecule has 2 aromatic carbocycles. The van der Waals surface area contributed by atoms with E-state index in [0.29, 0.717) is 43.2 Å². The summed E-state index contributed by atoms with van der Waals surface area (Å²) in [6.07, 6.45) is 2.65. The van der Waals surface area contributed by atoms with Crippen LogP contribution in [0.15, 0.2) is 67.0 Å². The van der Waals surface area contributed by atoms with Crippen LogP contribution in [0.1, 0.15) is 10.4 Å². The van der Waals surface area contributed by atoms with E-state index in [1.807, 2.05) is 48.5 Å². The molecule has 0 spiro atoms. The molecule has 8 heteroatoms. The summed E-state index contributed by atoms with van der Waals surface area (Å²) < 4.78 is 13.2. The van der Waals surface area contributed by atoms with Crippen molar-refractivity contribution in [2.45, 2.75) is 6.10 Å². The minimum absolute atomic E-state index is 0.0829. The van der Waals surface area contributed by atoms with Crippen LogP contribution in [0.4, 0.5) is 0 Å². The molecule has 0 bridgehead atoms. The second-order valence-electron chi connectivity index (χ2n) is 7.49. The third-order valence-electron chi connectivity index (χ3n) is 5.51. The third-order valence-corrected chi connectivity index (χ3v) is 5.51. The standard InChI is InChI=1S/C23H22N4O4/c28-22(17-14-24-27(15-17)18-6-2-1-3-7-18)25-10-12-26(13-11-25)23(29)21-16-30-19-8-4-5-9-20(19)31-21/h1-9,14-15,21H,10-13,16H2. The van der Waals surface area contributed by atoms with E-state index >= 15 is 0 Å². The Morgan fingerprint density at radius 2 is 1.55 bits per heavy atom. The molecule has 0 aliphatic carbocycles. The number of piperazine rings is 1. The number of carbonyl (C=O) groups is 2. The smallest absolute Gasteiger partial charge is 0.267 e. The van der Waals surface area contributed by atoms with Crippen molar-refractivity contribution in [1.82, 2.24) is 19.6 Å². The van der Waals surface area contributed by atoms with Crippen LogP contribution in [-0.2, 0) is 4.79 Å². The summed E-state index contributed by atoms with van der Waals surface area (Å²) in [7, 11) is 0. The average Bonchev–Trinajstić information content (AvgIpc) is 3.34. The molecule has 2 aliphatic rings. The first-order valence-corrected chi connectivity index (χ1v) is 10.3. The molecule has 2 amide bonds. The summed E-state index contributed by atoms with van der Waals surface area (Å²) in [5.41, 5.74) is 1.43. The Hall–Kier alpha value is -3.81. The number of carbonyl (C=O) groups excluding carboxylic acids is 2. The average molecular weight is 418 g/mol. The third kappa shape index (κ3) is 3.84. The zero-order valence-corrected chi connectivity index (χ0v) is 16.9. The van der Waals surface area contributed by atoms with E-state index in [-0.39, 0.29) is 18.4 Å². The van der Waals surface area contributed by atoms with Gasteiger partial charge in [-0.05, 0) is 24.3 Å². The summed E-state index contributed by atoms with van der Waals surface area (Å²) >= 11 is 0. The van der Waals surface area contributed by atoms with Gasteiger partial charge in [-0.3, -0.25) is 9.59 Å². The molecule has 158 valence electrons. The van der Waals surface area contributed by atoms with Crippen LogP contribution < -0.4 is 9.47 Å². The second kappa shape index (κ2) is 8.14. The van der Waals surface area contributed by atoms with Crippen molar-refractivity contribution in [3.8, 4) is 17.2 Å². The van der Waals surface area contributed by atoms with Gasteiger partial charge in [0.15, 0.2) is 11.5 Å². The van der Waals surface area contributed by atoms with Crippen molar-refractivity contribution in [3.05, 3.63) is 72.6 Å². The summed E-state index contributed by atoms with van der Waals surface area (Å²) in [6, 6.07) is 17.0. The van der Waals surface area contributed by atoms with Crippen LogP contribution in [0.25, 0.3) is 5.69 Å². The Labute approximate surface area is 179 Å². The highest BCUT2D eigenvalue weighted by Crippen LogP contribution is 2.31. The molecule has 8 nitrogen and oxygen atoms in total. The normalized spacial score (nSPS) is 18.0. The van der Waals surface area contributed by atoms with Gasteiger partial charge < -0.3 is 19.3 Å². The van der Waals surface area contributed by atoms with Crippen LogP contribution in [0.5, 0.6) is 11.5 Å². The maximum atomic E-state index is 12.9. The summed E-state index contributed by atoms with van der Waals surface area (Å²) in [5, 5.41) is 4.30. The van der Waals surface area contributed by atoms with E-state index in [2.05, 4.69) is 5.10 Å². The Bertz CT molecular complexity index is 1090. The van der Waals surface area contributed by atoms with Crippen LogP contribution >= 0.6 is 0 Å². The van der Waals surface area contributed by atoms with Crippen molar-refractivity contribution in [2.75, 3.05) is 32.8 Å². The van der Waals surface area contributed by atoms with Gasteiger partial charge in [0.2, 0.25) is 6.10 Å². The maximum absolute atomic E-state index is 12.9. The molecule has 1 fully saturated rings. The summed E-state index contributed by atoms with van der Waals surface area (Å²) in [6.45, 7) is 2.03. The van der Waals surface area contributed by atoms with Gasteiger partial charge in [-0.25, -0.2) is 4.68 Å². The molecule has 2 aliphatic heterocycles. The highest BCUT2D eigenvalue weighted by Gasteiger charge is 2.33. The molecular weight excluding hydrogens is 396 g/mol. The topological polar surface area (TPSA) is 76.9 Å². The predicted molar refractivity (Wildman–Crippen MR) is 112 cm³/mol. The number of aromatic nitrogens is 2. The molecule has 31 heavy (non-hydrogen) atoms. The lowest BCUT2D eigenvalue weighted by Gasteiger charge is -2.37. The zero-order chi connectivity index (χ0) is 21.2. The predicted octanol–water partition coefficient (Wildman–Crippen LogP) is 2.00. The number of para-hydroxylation sites is 3. The molecule has 1 atom stereocenters. The molecular formula is C23H22N4O4. The Morgan fingerprint density at radius 3 is 2.32 bits per heavy atom. The summed E-state index contributed by atoms with van der Waals surface area (Å²) in [5.74, 6) is 1.04. The van der Waals surface area contributed by atoms with Crippen LogP contribution in [0, 0.1) is 0 Å². The van der Waals surface area contributed by atoms with E-state index in [1.165, 1.54) is 0 Å². The van der Waals surface area contributed by atoms with Gasteiger partial charge in [0.25, 0.3) is 11.8 Å². The number of hydrogen-bond donors (Lipinski definition) is 0. The molecule has 1 saturated heterocycles. The summed E-state index contributed by atoms with van der Waals surface area (Å²) in [4.78, 5) is 29.2. The Balaban J connectivity index is 1.18. The number of nitrogens with zero attached hydrogens (tertiary/aromatic N) is 4. The monoisotopic (exact) mass is 418 g/mol. The number of hydrogen-bond acceptors (Lipinski definition) is 5. The first-order chi connectivity index (χ1) is 15.2. The molecule has 0 N–H and O–H groups in total. The van der Waals surface area contributed by atoms with Crippen molar-refractivity contribution >= 4 is 11.8 Å². The highest BCUT2D eigenvalue weighted by atomic mass is 16.6. The fraction of sp³-hybridized carbons (Fsp3) is 0.261. The van der Waals surface area contributed by atoms with Gasteiger partial charge in [-0.15, -0.1) is 0 Å². The number of amides is 2. The van der Waals surface area contributed by atoms with Crippen molar-refractivity contribution in [2.24, 2.45) is 0 Å². The molecule has 0 radical (unpaired) electrons. The van der Waals surface area contributed by atoms with Crippen LogP contribution in [0.2, 0.25) is 0 Å². The lowest BCUT2D eigenvalue weighted by molar-refractivity contribution is -0.142. The molecule has 0 saturated carbocycles. The molecule has 3 heterocycles. The molecule has 1 unspecified atom stereocenters. The number of fused-ring (bicyclic) bond motifs is 1. The first-order valence-electron chi connectivity index (χ1n) is 10.3. The lowest BCUT2D eigenvalue weighted by Crippen LogP contribution is -2.55. The van der Waals surface area contributed by atoms with Crippen molar-refractivity contribution in [1.29, 1.82) is 0 Å². The highest BCUT2D eigenvalue weighted by molar-refractivity contribution is 5.94. The van der Waals surface area contributed by atoms with Crippen LogP contribution in [-0.4, -0.2) is 70.3 Å². The van der Waals surface area contributed by atoms with E-state index in [1.54, 1.807) is 32.9 Å². The van der Waals surface area contributed by atoms with Gasteiger partial charge in [-0.2, -0.15) is 5.10 Å². The number of ether oxygens (including phenoxy) is 2. The largest absolute Gasteiger partial charge is 0.485 e. The fourth-order valence-corrected chi connectivity index (χ4v) is 3.81. The van der Waals surface area contributed by atoms with E-state index in [9.17, 15) is 9.59 Å². The van der Waals surface area contributed by atoms with Gasteiger partial charge in [0, 0.05) is 32.4 Å². The maximum Gasteiger partial charge on any atom is 0.267 e. The molecule has 5 rings (SSSR count). The second-order valence-corrected chi connectivity index (χ2v) is 7.49. The van der Waals surface area contributed by atoms with E-state index < -0.39 is 6.10 Å². The van der Waals surface area contributed by atoms with Gasteiger partial charge in [0.1, 0.15) is 6.61 Å². The fourth-order valence-electron chi connectivity index (χ4n) is 3.81. The van der Waals surface area contributed by atoms with Crippen molar-refractivity contribution < 1.29 is 19.1 Å². The zero-order valence-electron chi connectivity index (χ0n) is 16.9. The Kier molecular flexibility index (Phi) is 5.03. The number of benzene rings is 2. The lowest BCUT2D eigenvalue weighted by atomic mass is 10.2. The van der Waals surface area contributed by atoms with Gasteiger partial charge in [0.05, 0.1) is 17.4 Å². The van der Waals surface area contributed by atoms with Gasteiger partial charge >= 0.3 is 0 Å². The number of rotatable bonds is 3. The van der Waals surface area contributed by atoms with E-state index in [4.69, 9.17) is 9.47 Å². The minimum Gasteiger partial charge on any atom is -0.485 e.